The van der Waals surface area contributed by atoms with Crippen LogP contribution in [-0.4, -0.2) is 66.7 Å². The molecule has 0 radical (unpaired) electrons. The summed E-state index contributed by atoms with van der Waals surface area (Å²) >= 11 is 0. The van der Waals surface area contributed by atoms with E-state index in [-0.39, 0.29) is 102 Å². The number of methoxy groups -OCH3 is 1. The van der Waals surface area contributed by atoms with Crippen molar-refractivity contribution in [3.8, 4) is 5.75 Å². The van der Waals surface area contributed by atoms with Gasteiger partial charge in [0.05, 0.1) is 7.11 Å². The third kappa shape index (κ3) is 15.1. The molecule has 3 rings (SSSR count). The van der Waals surface area contributed by atoms with E-state index >= 15 is 0 Å². The van der Waals surface area contributed by atoms with Crippen LogP contribution in [0.25, 0.3) is 0 Å². The number of amides is 2. The van der Waals surface area contributed by atoms with Gasteiger partial charge in [0.2, 0.25) is 0 Å². The Morgan fingerprint density at radius 3 is 2.27 bits per heavy atom. The number of rotatable bonds is 9. The summed E-state index contributed by atoms with van der Waals surface area (Å²) in [4.78, 5) is 28.7. The molecule has 1 aliphatic rings. The standard InChI is InChI=1S/C20H27N4O2.C11H10O.CH3.K.U/c1-4-5-6-18(21)19(25)22-17-9-7-16(8-10-17)20(26)24-13-11-23(12-14-24)15(2)3;1-3-4-5-10-6-8-11(12-2)9-7-10;;;/h6-10,15,21H,4,11-14H2,1-3H3,(H,22,25);3-4,6-8H,1H2,2H3;1H3;;/q-1;-2;-1;+1;+2. The maximum Gasteiger partial charge on any atom is 2.00 e. The van der Waals surface area contributed by atoms with Crippen LogP contribution in [0.5, 0.6) is 5.75 Å². The summed E-state index contributed by atoms with van der Waals surface area (Å²) in [7, 11) is 1.62. The van der Waals surface area contributed by atoms with Gasteiger partial charge in [0.15, 0.2) is 5.91 Å². The number of anilines is 1. The zero-order valence-electron chi connectivity index (χ0n) is 25.2. The largest absolute Gasteiger partial charge is 2.00 e. The molecule has 2 amide bonds. The Balaban J connectivity index is 0. The molecule has 1 aliphatic heterocycles. The van der Waals surface area contributed by atoms with Crippen LogP contribution < -0.4 is 61.4 Å². The van der Waals surface area contributed by atoms with E-state index in [9.17, 15) is 9.59 Å². The minimum absolute atomic E-state index is 0. The quantitative estimate of drug-likeness (QED) is 0.177. The van der Waals surface area contributed by atoms with Gasteiger partial charge in [0.25, 0.3) is 5.91 Å². The van der Waals surface area contributed by atoms with Crippen LogP contribution in [0.2, 0.25) is 0 Å². The van der Waals surface area contributed by atoms with Gasteiger partial charge >= 0.3 is 82.5 Å². The Labute approximate surface area is 313 Å². The minimum atomic E-state index is -0.491. The van der Waals surface area contributed by atoms with Gasteiger partial charge in [-0.05, 0) is 49.6 Å². The molecule has 2 aromatic rings. The maximum atomic E-state index is 12.6. The Kier molecular flexibility index (Phi) is 23.7. The molecule has 0 spiro atoms. The molecule has 1 heterocycles. The summed E-state index contributed by atoms with van der Waals surface area (Å²) < 4.78 is 4.96. The third-order valence-electron chi connectivity index (χ3n) is 5.79. The van der Waals surface area contributed by atoms with E-state index in [1.54, 1.807) is 43.5 Å². The smallest absolute Gasteiger partial charge is 0.524 e. The number of piperazine rings is 1. The Hall–Kier alpha value is -1.28. The van der Waals surface area contributed by atoms with Crippen molar-refractivity contribution in [3.05, 3.63) is 104 Å². The number of nitrogens with zero attached hydrogens (tertiary/aromatic N) is 2. The third-order valence-corrected chi connectivity index (χ3v) is 5.79. The first-order valence-corrected chi connectivity index (χ1v) is 12.6. The first-order chi connectivity index (χ1) is 18.3. The second kappa shape index (κ2) is 23.2. The van der Waals surface area contributed by atoms with Gasteiger partial charge in [-0.1, -0.05) is 6.92 Å². The molecule has 9 heteroatoms. The van der Waals surface area contributed by atoms with Crippen molar-refractivity contribution in [2.75, 3.05) is 38.6 Å². The summed E-state index contributed by atoms with van der Waals surface area (Å²) in [6.45, 7) is 13.0. The van der Waals surface area contributed by atoms with Crippen molar-refractivity contribution in [2.24, 2.45) is 0 Å². The monoisotopic (exact) mass is 805 g/mol. The van der Waals surface area contributed by atoms with Crippen LogP contribution in [0.4, 0.5) is 5.69 Å². The molecule has 0 bridgehead atoms. The van der Waals surface area contributed by atoms with Crippen molar-refractivity contribution in [1.29, 1.82) is 5.41 Å². The van der Waals surface area contributed by atoms with Crippen molar-refractivity contribution in [3.63, 3.8) is 0 Å². The Morgan fingerprint density at radius 2 is 1.78 bits per heavy atom. The fraction of sp³-hybridized carbons (Fsp3) is 0.312. The normalized spacial score (nSPS) is 12.8. The van der Waals surface area contributed by atoms with Gasteiger partial charge in [-0.25, -0.2) is 24.3 Å². The Morgan fingerprint density at radius 1 is 1.15 bits per heavy atom. The molecule has 0 saturated carbocycles. The molecular formula is C32H40KN4O3U-. The zero-order valence-corrected chi connectivity index (χ0v) is 32.5. The molecule has 0 atom stereocenters. The number of nitrogens with one attached hydrogen (secondary N) is 2. The van der Waals surface area contributed by atoms with E-state index in [1.807, 2.05) is 30.0 Å². The van der Waals surface area contributed by atoms with Crippen molar-refractivity contribution in [2.45, 2.75) is 33.2 Å². The fourth-order valence-electron chi connectivity index (χ4n) is 3.57. The number of carbonyl (C=O) groups is 2. The second-order valence-electron chi connectivity index (χ2n) is 8.76. The van der Waals surface area contributed by atoms with Gasteiger partial charge < -0.3 is 27.8 Å². The summed E-state index contributed by atoms with van der Waals surface area (Å²) in [5.41, 5.74) is 1.99. The van der Waals surface area contributed by atoms with Gasteiger partial charge in [-0.3, -0.25) is 26.1 Å². The van der Waals surface area contributed by atoms with E-state index in [4.69, 9.17) is 10.1 Å². The number of ether oxygens (including phenoxy) is 1. The van der Waals surface area contributed by atoms with Crippen LogP contribution in [0.15, 0.2) is 67.3 Å². The minimum Gasteiger partial charge on any atom is -0.524 e. The van der Waals surface area contributed by atoms with Crippen LogP contribution in [0.1, 0.15) is 43.1 Å². The van der Waals surface area contributed by atoms with Crippen LogP contribution in [-0.2, 0) is 4.79 Å². The van der Waals surface area contributed by atoms with Gasteiger partial charge in [0, 0.05) is 43.5 Å². The van der Waals surface area contributed by atoms with E-state index in [2.05, 4.69) is 48.9 Å². The second-order valence-corrected chi connectivity index (χ2v) is 8.76. The summed E-state index contributed by atoms with van der Waals surface area (Å²) in [6, 6.07) is 15.8. The van der Waals surface area contributed by atoms with Crippen LogP contribution in [0.3, 0.4) is 0 Å². The average molecular weight is 806 g/mol. The topological polar surface area (TPSA) is 85.7 Å². The molecule has 212 valence electrons. The SMILES string of the molecule is C=CC=[C-]c1c[c-]c(OC)cc1.CC[C-]=CC(=N)C(=O)Nc1ccc(C(=O)N2CCN(C(C)C)CC2)cc1.[CH3-].[K+].[U+2]. The van der Waals surface area contributed by atoms with Gasteiger partial charge in [-0.15, -0.1) is 19.1 Å². The van der Waals surface area contributed by atoms with E-state index < -0.39 is 5.91 Å². The van der Waals surface area contributed by atoms with Crippen LogP contribution >= 0.6 is 0 Å². The predicted octanol–water partition coefficient (Wildman–Crippen LogP) is 2.42. The predicted molar refractivity (Wildman–Crippen MR) is 159 cm³/mol. The number of hydrogen-bond acceptors (Lipinski definition) is 5. The molecule has 41 heavy (non-hydrogen) atoms. The first-order valence-electron chi connectivity index (χ1n) is 12.6. The Bertz CT molecular complexity index is 1120. The van der Waals surface area contributed by atoms with Crippen LogP contribution in [0, 0.1) is 62.2 Å². The molecule has 2 aromatic carbocycles. The number of allylic oxidation sites excluding steroid dienone is 3. The number of benzene rings is 2. The maximum absolute atomic E-state index is 12.6. The van der Waals surface area contributed by atoms with Crippen molar-refractivity contribution >= 4 is 23.2 Å². The van der Waals surface area contributed by atoms with Gasteiger partial charge in [-0.2, -0.15) is 18.2 Å². The molecule has 1 fully saturated rings. The molecule has 0 aromatic heterocycles. The zero-order chi connectivity index (χ0) is 27.9. The molecule has 2 N–H and O–H groups in total. The average Bonchev–Trinajstić information content (AvgIpc) is 2.95. The van der Waals surface area contributed by atoms with Crippen molar-refractivity contribution < 1.29 is 96.8 Å². The number of carbonyl (C=O) groups excluding carboxylic acids is 2. The fourth-order valence-corrected chi connectivity index (χ4v) is 3.57. The summed E-state index contributed by atoms with van der Waals surface area (Å²) in [5.74, 6) is 0.258. The van der Waals surface area contributed by atoms with E-state index in [1.165, 1.54) is 6.08 Å². The van der Waals surface area contributed by atoms with Crippen molar-refractivity contribution in [1.82, 2.24) is 9.80 Å². The number of hydrogen-bond donors (Lipinski definition) is 2. The first kappa shape index (κ1) is 41.9. The molecular weight excluding hydrogens is 766 g/mol. The molecule has 0 aliphatic carbocycles. The molecule has 0 unspecified atom stereocenters. The van der Waals surface area contributed by atoms with E-state index in [0.29, 0.717) is 23.7 Å². The summed E-state index contributed by atoms with van der Waals surface area (Å²) in [6.07, 6.45) is 11.3. The van der Waals surface area contributed by atoms with E-state index in [0.717, 1.165) is 37.5 Å². The molecule has 7 nitrogen and oxygen atoms in total. The van der Waals surface area contributed by atoms with Gasteiger partial charge in [0.1, 0.15) is 0 Å². The summed E-state index contributed by atoms with van der Waals surface area (Å²) in [5, 5.41) is 10.3. The molecule has 1 saturated heterocycles.